The second-order valence-corrected chi connectivity index (χ2v) is 10.1. The third-order valence-electron chi connectivity index (χ3n) is 6.15. The standard InChI is InChI=1S/C25H48N6O4/c1-7-21(31-16-8-11-24(31)34)17-20(2)25(35)30(14-9-12-26-22(32)18-28(3)4)15-10-13-27-23(33)19-29(5)6/h20-21H,7-19H2,1-6H3,(H,26,32)(H,27,33). The molecule has 0 aromatic rings. The van der Waals surface area contributed by atoms with E-state index in [1.54, 1.807) is 0 Å². The van der Waals surface area contributed by atoms with Crippen molar-refractivity contribution in [1.29, 1.82) is 0 Å². The van der Waals surface area contributed by atoms with Crippen LogP contribution < -0.4 is 10.6 Å². The second kappa shape index (κ2) is 16.5. The fourth-order valence-corrected chi connectivity index (χ4v) is 4.40. The number of carbonyl (C=O) groups excluding carboxylic acids is 4. The first kappa shape index (κ1) is 30.8. The van der Waals surface area contributed by atoms with Crippen LogP contribution in [0.3, 0.4) is 0 Å². The highest BCUT2D eigenvalue weighted by Crippen LogP contribution is 2.22. The van der Waals surface area contributed by atoms with Gasteiger partial charge in [-0.05, 0) is 60.3 Å². The zero-order valence-electron chi connectivity index (χ0n) is 22.8. The summed E-state index contributed by atoms with van der Waals surface area (Å²) in [7, 11) is 7.38. The summed E-state index contributed by atoms with van der Waals surface area (Å²) in [6.07, 6.45) is 4.29. The molecule has 1 aliphatic rings. The molecule has 202 valence electrons. The summed E-state index contributed by atoms with van der Waals surface area (Å²) in [5, 5.41) is 5.79. The van der Waals surface area contributed by atoms with Crippen molar-refractivity contribution in [3.8, 4) is 0 Å². The molecule has 10 nitrogen and oxygen atoms in total. The van der Waals surface area contributed by atoms with Gasteiger partial charge >= 0.3 is 0 Å². The van der Waals surface area contributed by atoms with Gasteiger partial charge in [-0.2, -0.15) is 0 Å². The molecular formula is C25H48N6O4. The third-order valence-corrected chi connectivity index (χ3v) is 6.15. The molecule has 0 bridgehead atoms. The molecule has 0 aromatic heterocycles. The molecule has 2 unspecified atom stereocenters. The van der Waals surface area contributed by atoms with E-state index in [1.165, 1.54) is 0 Å². The molecule has 2 atom stereocenters. The van der Waals surface area contributed by atoms with Crippen LogP contribution in [0.5, 0.6) is 0 Å². The van der Waals surface area contributed by atoms with Crippen molar-refractivity contribution in [1.82, 2.24) is 30.2 Å². The zero-order chi connectivity index (χ0) is 26.4. The molecule has 35 heavy (non-hydrogen) atoms. The Morgan fingerprint density at radius 1 is 0.943 bits per heavy atom. The summed E-state index contributed by atoms with van der Waals surface area (Å²) in [4.78, 5) is 56.8. The Balaban J connectivity index is 2.65. The lowest BCUT2D eigenvalue weighted by molar-refractivity contribution is -0.137. The lowest BCUT2D eigenvalue weighted by Gasteiger charge is -2.31. The molecule has 1 rings (SSSR count). The fraction of sp³-hybridized carbons (Fsp3) is 0.840. The van der Waals surface area contributed by atoms with Crippen LogP contribution in [0.15, 0.2) is 0 Å². The molecule has 4 amide bonds. The Hall–Kier alpha value is -2.20. The third kappa shape index (κ3) is 12.4. The SMILES string of the molecule is CCC(CC(C)C(=O)N(CCCNC(=O)CN(C)C)CCCNC(=O)CN(C)C)N1CCCC1=O. The topological polar surface area (TPSA) is 105 Å². The zero-order valence-corrected chi connectivity index (χ0v) is 22.8. The van der Waals surface area contributed by atoms with Gasteiger partial charge in [0.05, 0.1) is 13.1 Å². The van der Waals surface area contributed by atoms with Gasteiger partial charge in [0.1, 0.15) is 0 Å². The predicted octanol–water partition coefficient (Wildman–Crippen LogP) is 0.378. The predicted molar refractivity (Wildman–Crippen MR) is 138 cm³/mol. The maximum absolute atomic E-state index is 13.4. The molecule has 1 fully saturated rings. The van der Waals surface area contributed by atoms with Crippen LogP contribution in [0, 0.1) is 5.92 Å². The summed E-state index contributed by atoms with van der Waals surface area (Å²) < 4.78 is 0. The number of nitrogens with one attached hydrogen (secondary N) is 2. The first-order chi connectivity index (χ1) is 16.5. The van der Waals surface area contributed by atoms with Crippen LogP contribution >= 0.6 is 0 Å². The Labute approximate surface area is 211 Å². The second-order valence-electron chi connectivity index (χ2n) is 10.1. The van der Waals surface area contributed by atoms with E-state index in [1.807, 2.05) is 54.7 Å². The van der Waals surface area contributed by atoms with Crippen molar-refractivity contribution in [2.24, 2.45) is 5.92 Å². The molecule has 2 N–H and O–H groups in total. The van der Waals surface area contributed by atoms with E-state index in [2.05, 4.69) is 17.6 Å². The lowest BCUT2D eigenvalue weighted by atomic mass is 9.97. The average Bonchev–Trinajstić information content (AvgIpc) is 3.20. The Morgan fingerprint density at radius 2 is 1.46 bits per heavy atom. The van der Waals surface area contributed by atoms with E-state index in [4.69, 9.17) is 0 Å². The molecule has 1 heterocycles. The first-order valence-corrected chi connectivity index (χ1v) is 13.0. The van der Waals surface area contributed by atoms with E-state index in [0.29, 0.717) is 65.0 Å². The minimum atomic E-state index is -0.208. The molecule has 10 heteroatoms. The number of likely N-dealkylation sites (tertiary alicyclic amines) is 1. The summed E-state index contributed by atoms with van der Waals surface area (Å²) in [5.41, 5.74) is 0. The van der Waals surface area contributed by atoms with E-state index >= 15 is 0 Å². The first-order valence-electron chi connectivity index (χ1n) is 13.0. The maximum atomic E-state index is 13.4. The van der Waals surface area contributed by atoms with Gasteiger partial charge in [0.2, 0.25) is 23.6 Å². The van der Waals surface area contributed by atoms with E-state index in [-0.39, 0.29) is 35.6 Å². The van der Waals surface area contributed by atoms with Crippen LogP contribution in [-0.4, -0.2) is 123 Å². The number of carbonyl (C=O) groups is 4. The molecular weight excluding hydrogens is 448 g/mol. The molecule has 0 aromatic carbocycles. The normalized spacial score (nSPS) is 15.4. The van der Waals surface area contributed by atoms with Gasteiger partial charge in [-0.25, -0.2) is 0 Å². The van der Waals surface area contributed by atoms with Crippen molar-refractivity contribution in [2.45, 2.75) is 58.4 Å². The molecule has 0 radical (unpaired) electrons. The summed E-state index contributed by atoms with van der Waals surface area (Å²) in [6.45, 7) is 7.54. The molecule has 1 aliphatic heterocycles. The van der Waals surface area contributed by atoms with Gasteiger partial charge in [0, 0.05) is 51.1 Å². The highest BCUT2D eigenvalue weighted by molar-refractivity contribution is 5.80. The smallest absolute Gasteiger partial charge is 0.234 e. The Morgan fingerprint density at radius 3 is 1.86 bits per heavy atom. The monoisotopic (exact) mass is 496 g/mol. The minimum Gasteiger partial charge on any atom is -0.355 e. The Kier molecular flexibility index (Phi) is 14.5. The van der Waals surface area contributed by atoms with Crippen molar-refractivity contribution in [3.63, 3.8) is 0 Å². The van der Waals surface area contributed by atoms with Crippen LogP contribution in [0.2, 0.25) is 0 Å². The van der Waals surface area contributed by atoms with Crippen LogP contribution in [0.4, 0.5) is 0 Å². The average molecular weight is 497 g/mol. The largest absolute Gasteiger partial charge is 0.355 e. The van der Waals surface area contributed by atoms with Crippen molar-refractivity contribution in [2.75, 3.05) is 74.0 Å². The van der Waals surface area contributed by atoms with Crippen molar-refractivity contribution in [3.05, 3.63) is 0 Å². The van der Waals surface area contributed by atoms with Gasteiger partial charge < -0.3 is 30.2 Å². The van der Waals surface area contributed by atoms with Gasteiger partial charge in [0.25, 0.3) is 0 Å². The fourth-order valence-electron chi connectivity index (χ4n) is 4.40. The summed E-state index contributed by atoms with van der Waals surface area (Å²) in [5.74, 6) is -0.0264. The minimum absolute atomic E-state index is 0.0362. The molecule has 0 saturated carbocycles. The van der Waals surface area contributed by atoms with Crippen LogP contribution in [0.1, 0.15) is 52.4 Å². The maximum Gasteiger partial charge on any atom is 0.234 e. The number of likely N-dealkylation sites (N-methyl/N-ethyl adjacent to an activating group) is 2. The summed E-state index contributed by atoms with van der Waals surface area (Å²) >= 11 is 0. The van der Waals surface area contributed by atoms with Gasteiger partial charge in [-0.1, -0.05) is 13.8 Å². The number of rotatable bonds is 17. The van der Waals surface area contributed by atoms with Gasteiger partial charge in [0.15, 0.2) is 0 Å². The highest BCUT2D eigenvalue weighted by Gasteiger charge is 2.30. The molecule has 1 saturated heterocycles. The van der Waals surface area contributed by atoms with Crippen molar-refractivity contribution < 1.29 is 19.2 Å². The lowest BCUT2D eigenvalue weighted by Crippen LogP contribution is -2.43. The van der Waals surface area contributed by atoms with E-state index in [9.17, 15) is 19.2 Å². The quantitative estimate of drug-likeness (QED) is 0.282. The Bertz CT molecular complexity index is 655. The van der Waals surface area contributed by atoms with Crippen molar-refractivity contribution >= 4 is 23.6 Å². The summed E-state index contributed by atoms with van der Waals surface area (Å²) in [6, 6.07) is 0.0847. The van der Waals surface area contributed by atoms with Crippen LogP contribution in [-0.2, 0) is 19.2 Å². The molecule has 0 aliphatic carbocycles. The number of hydrogen-bond donors (Lipinski definition) is 2. The van der Waals surface area contributed by atoms with Gasteiger partial charge in [-0.15, -0.1) is 0 Å². The highest BCUT2D eigenvalue weighted by atomic mass is 16.2. The number of hydrogen-bond acceptors (Lipinski definition) is 6. The van der Waals surface area contributed by atoms with E-state index < -0.39 is 0 Å². The number of nitrogens with zero attached hydrogens (tertiary/aromatic N) is 4. The van der Waals surface area contributed by atoms with Gasteiger partial charge in [-0.3, -0.25) is 19.2 Å². The van der Waals surface area contributed by atoms with Crippen LogP contribution in [0.25, 0.3) is 0 Å². The van der Waals surface area contributed by atoms with E-state index in [0.717, 1.165) is 19.4 Å². The number of amides is 4. The molecule has 0 spiro atoms.